The molecule has 0 atom stereocenters. The first-order chi connectivity index (χ1) is 9.19. The molecule has 104 valence electrons. The molecular formula is C14H22N4O. The Morgan fingerprint density at radius 3 is 2.89 bits per heavy atom. The van der Waals surface area contributed by atoms with Crippen LogP contribution in [0.4, 0.5) is 0 Å². The van der Waals surface area contributed by atoms with E-state index in [1.807, 2.05) is 13.0 Å². The summed E-state index contributed by atoms with van der Waals surface area (Å²) >= 11 is 0. The number of rotatable bonds is 4. The van der Waals surface area contributed by atoms with Crippen LogP contribution in [0.25, 0.3) is 0 Å². The molecule has 2 rings (SSSR count). The maximum atomic E-state index is 12.1. The largest absolute Gasteiger partial charge is 0.349 e. The van der Waals surface area contributed by atoms with E-state index in [0.717, 1.165) is 38.2 Å². The lowest BCUT2D eigenvalue weighted by molar-refractivity contribution is 0.0911. The fourth-order valence-corrected chi connectivity index (χ4v) is 2.44. The van der Waals surface area contributed by atoms with Crippen LogP contribution >= 0.6 is 0 Å². The second-order valence-corrected chi connectivity index (χ2v) is 5.06. The van der Waals surface area contributed by atoms with Gasteiger partial charge in [-0.15, -0.1) is 0 Å². The van der Waals surface area contributed by atoms with Crippen LogP contribution in [-0.4, -0.2) is 48.0 Å². The van der Waals surface area contributed by atoms with Crippen molar-refractivity contribution in [2.45, 2.75) is 25.8 Å². The van der Waals surface area contributed by atoms with Crippen molar-refractivity contribution in [2.75, 3.05) is 26.2 Å². The molecule has 5 nitrogen and oxygen atoms in total. The van der Waals surface area contributed by atoms with Crippen molar-refractivity contribution < 1.29 is 4.79 Å². The second-order valence-electron chi connectivity index (χ2n) is 5.06. The highest BCUT2D eigenvalue weighted by atomic mass is 16.1. The molecule has 0 unspecified atom stereocenters. The fraction of sp³-hybridized carbons (Fsp3) is 0.571. The van der Waals surface area contributed by atoms with E-state index in [0.29, 0.717) is 12.1 Å². The van der Waals surface area contributed by atoms with E-state index in [-0.39, 0.29) is 11.9 Å². The molecule has 1 aliphatic heterocycles. The molecular weight excluding hydrogens is 240 g/mol. The van der Waals surface area contributed by atoms with E-state index in [2.05, 4.69) is 15.2 Å². The molecule has 1 aromatic heterocycles. The molecule has 1 saturated heterocycles. The van der Waals surface area contributed by atoms with Crippen molar-refractivity contribution in [2.24, 2.45) is 5.73 Å². The highest BCUT2D eigenvalue weighted by molar-refractivity contribution is 5.94. The van der Waals surface area contributed by atoms with Gasteiger partial charge < -0.3 is 16.0 Å². The lowest BCUT2D eigenvalue weighted by atomic mass is 10.0. The monoisotopic (exact) mass is 262 g/mol. The summed E-state index contributed by atoms with van der Waals surface area (Å²) in [6, 6.07) is 3.85. The summed E-state index contributed by atoms with van der Waals surface area (Å²) in [5.74, 6) is 0.00257. The molecule has 0 aliphatic carbocycles. The summed E-state index contributed by atoms with van der Waals surface area (Å²) < 4.78 is 0. The van der Waals surface area contributed by atoms with Gasteiger partial charge in [-0.25, -0.2) is 0 Å². The first-order valence-corrected chi connectivity index (χ1v) is 6.85. The van der Waals surface area contributed by atoms with Gasteiger partial charge in [-0.2, -0.15) is 0 Å². The number of nitrogens with two attached hydrogens (primary N) is 1. The van der Waals surface area contributed by atoms with Crippen LogP contribution in [0.3, 0.4) is 0 Å². The second kappa shape index (κ2) is 6.63. The zero-order valence-corrected chi connectivity index (χ0v) is 11.4. The standard InChI is InChI=1S/C14H22N4O/c1-11-10-12(2-6-16-11)14(19)17-13-3-7-18(8-4-13)9-5-15/h2,6,10,13H,3-5,7-9,15H2,1H3,(H,17,19). The topological polar surface area (TPSA) is 71.2 Å². The zero-order valence-electron chi connectivity index (χ0n) is 11.4. The molecule has 0 radical (unpaired) electrons. The third kappa shape index (κ3) is 4.01. The van der Waals surface area contributed by atoms with Gasteiger partial charge in [0.2, 0.25) is 0 Å². The van der Waals surface area contributed by atoms with E-state index in [1.54, 1.807) is 12.3 Å². The average Bonchev–Trinajstić information content (AvgIpc) is 2.41. The predicted molar refractivity (Wildman–Crippen MR) is 75.0 cm³/mol. The van der Waals surface area contributed by atoms with Crippen LogP contribution < -0.4 is 11.1 Å². The third-order valence-corrected chi connectivity index (χ3v) is 3.53. The van der Waals surface area contributed by atoms with E-state index in [1.165, 1.54) is 0 Å². The Morgan fingerprint density at radius 2 is 2.26 bits per heavy atom. The minimum atomic E-state index is 0.00257. The molecule has 1 aromatic rings. The molecule has 5 heteroatoms. The average molecular weight is 262 g/mol. The van der Waals surface area contributed by atoms with Gasteiger partial charge >= 0.3 is 0 Å². The molecule has 0 bridgehead atoms. The van der Waals surface area contributed by atoms with Crippen molar-refractivity contribution >= 4 is 5.91 Å². The van der Waals surface area contributed by atoms with Gasteiger partial charge in [0.05, 0.1) is 0 Å². The Labute approximate surface area is 114 Å². The van der Waals surface area contributed by atoms with Gasteiger partial charge in [-0.3, -0.25) is 9.78 Å². The van der Waals surface area contributed by atoms with Gasteiger partial charge in [0.25, 0.3) is 5.91 Å². The Balaban J connectivity index is 1.84. The Hall–Kier alpha value is -1.46. The quantitative estimate of drug-likeness (QED) is 0.831. The molecule has 2 heterocycles. The van der Waals surface area contributed by atoms with Crippen molar-refractivity contribution in [3.05, 3.63) is 29.6 Å². The summed E-state index contributed by atoms with van der Waals surface area (Å²) in [5.41, 5.74) is 7.11. The molecule has 0 spiro atoms. The smallest absolute Gasteiger partial charge is 0.251 e. The number of piperidine rings is 1. The number of aromatic nitrogens is 1. The molecule has 19 heavy (non-hydrogen) atoms. The minimum Gasteiger partial charge on any atom is -0.349 e. The Kier molecular flexibility index (Phi) is 4.87. The lowest BCUT2D eigenvalue weighted by Crippen LogP contribution is -2.45. The summed E-state index contributed by atoms with van der Waals surface area (Å²) in [7, 11) is 0. The van der Waals surface area contributed by atoms with Crippen LogP contribution in [0.15, 0.2) is 18.3 Å². The van der Waals surface area contributed by atoms with Crippen molar-refractivity contribution in [1.29, 1.82) is 0 Å². The molecule has 0 saturated carbocycles. The number of hydrogen-bond acceptors (Lipinski definition) is 4. The number of hydrogen-bond donors (Lipinski definition) is 2. The summed E-state index contributed by atoms with van der Waals surface area (Å²) in [4.78, 5) is 18.5. The van der Waals surface area contributed by atoms with Gasteiger partial charge in [0.1, 0.15) is 0 Å². The number of likely N-dealkylation sites (tertiary alicyclic amines) is 1. The van der Waals surface area contributed by atoms with Gasteiger partial charge in [0.15, 0.2) is 0 Å². The minimum absolute atomic E-state index is 0.00257. The number of nitrogens with zero attached hydrogens (tertiary/aromatic N) is 2. The fourth-order valence-electron chi connectivity index (χ4n) is 2.44. The van der Waals surface area contributed by atoms with Gasteiger partial charge in [-0.1, -0.05) is 0 Å². The highest BCUT2D eigenvalue weighted by Gasteiger charge is 2.20. The number of amides is 1. The van der Waals surface area contributed by atoms with E-state index in [4.69, 9.17) is 5.73 Å². The molecule has 1 aliphatic rings. The SMILES string of the molecule is Cc1cc(C(=O)NC2CCN(CCN)CC2)ccn1. The number of nitrogens with one attached hydrogen (secondary N) is 1. The lowest BCUT2D eigenvalue weighted by Gasteiger charge is -2.32. The third-order valence-electron chi connectivity index (χ3n) is 3.53. The van der Waals surface area contributed by atoms with Gasteiger partial charge in [-0.05, 0) is 31.9 Å². The number of aryl methyl sites for hydroxylation is 1. The molecule has 1 amide bonds. The number of carbonyl (C=O) groups is 1. The van der Waals surface area contributed by atoms with E-state index >= 15 is 0 Å². The van der Waals surface area contributed by atoms with Crippen molar-refractivity contribution in [3.63, 3.8) is 0 Å². The van der Waals surface area contributed by atoms with E-state index in [9.17, 15) is 4.79 Å². The maximum absolute atomic E-state index is 12.1. The van der Waals surface area contributed by atoms with Crippen LogP contribution in [-0.2, 0) is 0 Å². The first kappa shape index (κ1) is 14.0. The summed E-state index contributed by atoms with van der Waals surface area (Å²) in [6.07, 6.45) is 3.67. The Bertz CT molecular complexity index is 427. The van der Waals surface area contributed by atoms with Crippen LogP contribution in [0, 0.1) is 6.92 Å². The van der Waals surface area contributed by atoms with Crippen molar-refractivity contribution in [1.82, 2.24) is 15.2 Å². The predicted octanol–water partition coefficient (Wildman–Crippen LogP) is 0.543. The van der Waals surface area contributed by atoms with Crippen LogP contribution in [0.1, 0.15) is 28.9 Å². The Morgan fingerprint density at radius 1 is 1.53 bits per heavy atom. The maximum Gasteiger partial charge on any atom is 0.251 e. The summed E-state index contributed by atoms with van der Waals surface area (Å²) in [6.45, 7) is 5.56. The number of carbonyl (C=O) groups excluding carboxylic acids is 1. The molecule has 1 fully saturated rings. The molecule has 3 N–H and O–H groups in total. The molecule has 0 aromatic carbocycles. The normalized spacial score (nSPS) is 17.4. The van der Waals surface area contributed by atoms with Crippen LogP contribution in [0.5, 0.6) is 0 Å². The summed E-state index contributed by atoms with van der Waals surface area (Å²) in [5, 5.41) is 3.10. The van der Waals surface area contributed by atoms with E-state index < -0.39 is 0 Å². The van der Waals surface area contributed by atoms with Crippen molar-refractivity contribution in [3.8, 4) is 0 Å². The van der Waals surface area contributed by atoms with Crippen LogP contribution in [0.2, 0.25) is 0 Å². The zero-order chi connectivity index (χ0) is 13.7. The highest BCUT2D eigenvalue weighted by Crippen LogP contribution is 2.11. The number of pyridine rings is 1. The first-order valence-electron chi connectivity index (χ1n) is 6.85. The van der Waals surface area contributed by atoms with Gasteiger partial charge in [0, 0.05) is 49.7 Å².